The number of amides is 1. The van der Waals surface area contributed by atoms with E-state index in [1.54, 1.807) is 13.8 Å². The van der Waals surface area contributed by atoms with Crippen molar-refractivity contribution in [3.05, 3.63) is 23.9 Å². The van der Waals surface area contributed by atoms with Crippen molar-refractivity contribution in [1.82, 2.24) is 15.2 Å². The molecule has 0 aromatic carbocycles. The first-order valence-electron chi connectivity index (χ1n) is 8.88. The van der Waals surface area contributed by atoms with Gasteiger partial charge in [-0.15, -0.1) is 0 Å². The highest BCUT2D eigenvalue weighted by atomic mass is 19.4. The van der Waals surface area contributed by atoms with Gasteiger partial charge in [-0.1, -0.05) is 0 Å². The summed E-state index contributed by atoms with van der Waals surface area (Å²) in [7, 11) is 0. The molecule has 0 saturated carbocycles. The first kappa shape index (κ1) is 21.4. The summed E-state index contributed by atoms with van der Waals surface area (Å²) >= 11 is 0. The summed E-state index contributed by atoms with van der Waals surface area (Å²) in [4.78, 5) is 17.9. The molecule has 1 aromatic heterocycles. The van der Waals surface area contributed by atoms with Crippen molar-refractivity contribution in [2.24, 2.45) is 0 Å². The maximum atomic E-state index is 13.0. The standard InChI is InChI=1S/C18H25F4N3O2/c1-17(2,12-27-16-14(18(20,21)22)6-3-8-23-16)24-15(26)11-13-5-4-9-25(13)10-7-19/h3,6,8,13H,4-5,7,9-12H2,1-2H3,(H,24,26)/t13-/m0/s1. The highest BCUT2D eigenvalue weighted by molar-refractivity contribution is 5.77. The Kier molecular flexibility index (Phi) is 7.02. The molecule has 9 heteroatoms. The van der Waals surface area contributed by atoms with Gasteiger partial charge in [-0.05, 0) is 45.4 Å². The summed E-state index contributed by atoms with van der Waals surface area (Å²) in [5, 5.41) is 2.78. The minimum Gasteiger partial charge on any atom is -0.475 e. The number of nitrogens with one attached hydrogen (secondary N) is 1. The molecule has 1 fully saturated rings. The third-order valence-electron chi connectivity index (χ3n) is 4.42. The molecule has 5 nitrogen and oxygen atoms in total. The van der Waals surface area contributed by atoms with Crippen LogP contribution >= 0.6 is 0 Å². The number of hydrogen-bond acceptors (Lipinski definition) is 4. The zero-order chi connectivity index (χ0) is 20.1. The summed E-state index contributed by atoms with van der Waals surface area (Å²) < 4.78 is 56.8. The van der Waals surface area contributed by atoms with Crippen molar-refractivity contribution in [1.29, 1.82) is 0 Å². The molecule has 0 radical (unpaired) electrons. The molecule has 0 aliphatic carbocycles. The first-order chi connectivity index (χ1) is 12.6. The Morgan fingerprint density at radius 1 is 1.41 bits per heavy atom. The van der Waals surface area contributed by atoms with E-state index in [-0.39, 0.29) is 25.0 Å². The molecule has 0 unspecified atom stereocenters. The summed E-state index contributed by atoms with van der Waals surface area (Å²) in [6.45, 7) is 3.78. The molecule has 1 atom stereocenters. The smallest absolute Gasteiger partial charge is 0.421 e. The highest BCUT2D eigenvalue weighted by Crippen LogP contribution is 2.34. The molecule has 0 bridgehead atoms. The lowest BCUT2D eigenvalue weighted by molar-refractivity contribution is -0.139. The van der Waals surface area contributed by atoms with Crippen LogP contribution in [-0.2, 0) is 11.0 Å². The van der Waals surface area contributed by atoms with Crippen molar-refractivity contribution in [2.75, 3.05) is 26.4 Å². The van der Waals surface area contributed by atoms with Gasteiger partial charge >= 0.3 is 6.18 Å². The highest BCUT2D eigenvalue weighted by Gasteiger charge is 2.36. The quantitative estimate of drug-likeness (QED) is 0.692. The molecule has 1 saturated heterocycles. The van der Waals surface area contributed by atoms with Gasteiger partial charge < -0.3 is 10.1 Å². The van der Waals surface area contributed by atoms with Gasteiger partial charge in [0.1, 0.15) is 18.8 Å². The Morgan fingerprint density at radius 2 is 2.15 bits per heavy atom. The number of alkyl halides is 4. The van der Waals surface area contributed by atoms with Gasteiger partial charge in [0, 0.05) is 25.2 Å². The maximum absolute atomic E-state index is 13.0. The van der Waals surface area contributed by atoms with Crippen LogP contribution < -0.4 is 10.1 Å². The van der Waals surface area contributed by atoms with Crippen molar-refractivity contribution >= 4 is 5.91 Å². The number of likely N-dealkylation sites (tertiary alicyclic amines) is 1. The third-order valence-corrected chi connectivity index (χ3v) is 4.42. The van der Waals surface area contributed by atoms with Crippen LogP contribution in [0.4, 0.5) is 17.6 Å². The summed E-state index contributed by atoms with van der Waals surface area (Å²) in [6.07, 6.45) is -1.38. The van der Waals surface area contributed by atoms with Crippen LogP contribution in [0, 0.1) is 0 Å². The Balaban J connectivity index is 1.91. The Hall–Kier alpha value is -1.90. The van der Waals surface area contributed by atoms with E-state index in [0.29, 0.717) is 6.54 Å². The van der Waals surface area contributed by atoms with Crippen molar-refractivity contribution in [3.8, 4) is 5.88 Å². The first-order valence-corrected chi connectivity index (χ1v) is 8.88. The van der Waals surface area contributed by atoms with E-state index >= 15 is 0 Å². The molecular weight excluding hydrogens is 366 g/mol. The second-order valence-corrected chi connectivity index (χ2v) is 7.30. The van der Waals surface area contributed by atoms with Gasteiger partial charge in [0.25, 0.3) is 0 Å². The lowest BCUT2D eigenvalue weighted by Crippen LogP contribution is -2.49. The van der Waals surface area contributed by atoms with E-state index in [4.69, 9.17) is 4.74 Å². The van der Waals surface area contributed by atoms with E-state index in [0.717, 1.165) is 25.5 Å². The number of ether oxygens (including phenoxy) is 1. The summed E-state index contributed by atoms with van der Waals surface area (Å²) in [6, 6.07) is 2.07. The Morgan fingerprint density at radius 3 is 2.81 bits per heavy atom. The van der Waals surface area contributed by atoms with Gasteiger partial charge in [-0.3, -0.25) is 9.69 Å². The fourth-order valence-electron chi connectivity index (χ4n) is 3.18. The van der Waals surface area contributed by atoms with Crippen molar-refractivity contribution < 1.29 is 27.1 Å². The van der Waals surface area contributed by atoms with Gasteiger partial charge in [0.05, 0.1) is 5.54 Å². The predicted octanol–water partition coefficient (Wildman–Crippen LogP) is 3.20. The minimum absolute atomic E-state index is 0.00918. The van der Waals surface area contributed by atoms with Crippen molar-refractivity contribution in [3.63, 3.8) is 0 Å². The number of halogens is 4. The molecule has 2 rings (SSSR count). The second kappa shape index (κ2) is 8.86. The number of nitrogens with zero attached hydrogens (tertiary/aromatic N) is 2. The number of carbonyl (C=O) groups is 1. The van der Waals surface area contributed by atoms with Crippen molar-refractivity contribution in [2.45, 2.75) is 50.9 Å². The maximum Gasteiger partial charge on any atom is 0.421 e. The van der Waals surface area contributed by atoms with E-state index in [9.17, 15) is 22.4 Å². The molecule has 0 spiro atoms. The molecule has 1 amide bonds. The molecule has 152 valence electrons. The van der Waals surface area contributed by atoms with Crippen LogP contribution in [0.3, 0.4) is 0 Å². The van der Waals surface area contributed by atoms with E-state index in [1.807, 2.05) is 4.90 Å². The van der Waals surface area contributed by atoms with Gasteiger partial charge in [-0.25, -0.2) is 9.37 Å². The van der Waals surface area contributed by atoms with Crippen LogP contribution in [-0.4, -0.2) is 53.7 Å². The number of pyridine rings is 1. The topological polar surface area (TPSA) is 54.5 Å². The zero-order valence-electron chi connectivity index (χ0n) is 15.5. The molecular formula is C18H25F4N3O2. The SMILES string of the molecule is CC(C)(COc1ncccc1C(F)(F)F)NC(=O)C[C@@H]1CCCN1CCF. The number of carbonyl (C=O) groups excluding carboxylic acids is 1. The molecule has 1 N–H and O–H groups in total. The second-order valence-electron chi connectivity index (χ2n) is 7.30. The molecule has 2 heterocycles. The van der Waals surface area contributed by atoms with E-state index in [1.165, 1.54) is 12.3 Å². The van der Waals surface area contributed by atoms with E-state index < -0.39 is 29.8 Å². The van der Waals surface area contributed by atoms with Gasteiger partial charge in [-0.2, -0.15) is 13.2 Å². The predicted molar refractivity (Wildman–Crippen MR) is 92.1 cm³/mol. The number of rotatable bonds is 8. The molecule has 27 heavy (non-hydrogen) atoms. The number of aromatic nitrogens is 1. The van der Waals surface area contributed by atoms with Crippen LogP contribution in [0.1, 0.15) is 38.7 Å². The largest absolute Gasteiger partial charge is 0.475 e. The van der Waals surface area contributed by atoms with Crippen LogP contribution in [0.2, 0.25) is 0 Å². The average Bonchev–Trinajstić information content (AvgIpc) is 2.99. The van der Waals surface area contributed by atoms with Gasteiger partial charge in [0.15, 0.2) is 0 Å². The lowest BCUT2D eigenvalue weighted by atomic mass is 10.1. The zero-order valence-corrected chi connectivity index (χ0v) is 15.5. The molecule has 1 aliphatic rings. The summed E-state index contributed by atoms with van der Waals surface area (Å²) in [5.41, 5.74) is -1.85. The lowest BCUT2D eigenvalue weighted by Gasteiger charge is -2.28. The molecule has 1 aliphatic heterocycles. The Bertz CT molecular complexity index is 637. The van der Waals surface area contributed by atoms with E-state index in [2.05, 4.69) is 10.3 Å². The normalized spacial score (nSPS) is 18.5. The monoisotopic (exact) mass is 391 g/mol. The average molecular weight is 391 g/mol. The number of hydrogen-bond donors (Lipinski definition) is 1. The Labute approximate surface area is 156 Å². The minimum atomic E-state index is -4.57. The fraction of sp³-hybridized carbons (Fsp3) is 0.667. The van der Waals surface area contributed by atoms with Crippen LogP contribution in [0.5, 0.6) is 5.88 Å². The molecule has 1 aromatic rings. The fourth-order valence-corrected chi connectivity index (χ4v) is 3.18. The third kappa shape index (κ3) is 6.34. The van der Waals surface area contributed by atoms with Gasteiger partial charge in [0.2, 0.25) is 11.8 Å². The van der Waals surface area contributed by atoms with Crippen LogP contribution in [0.15, 0.2) is 18.3 Å². The van der Waals surface area contributed by atoms with Crippen LogP contribution in [0.25, 0.3) is 0 Å². The summed E-state index contributed by atoms with van der Waals surface area (Å²) in [5.74, 6) is -0.756.